The van der Waals surface area contributed by atoms with Crippen molar-refractivity contribution in [1.29, 1.82) is 0 Å². The van der Waals surface area contributed by atoms with Crippen LogP contribution in [0.3, 0.4) is 0 Å². The Kier molecular flexibility index (Phi) is 25.5. The summed E-state index contributed by atoms with van der Waals surface area (Å²) in [6.45, 7) is 3.75. The molecule has 0 heterocycles. The van der Waals surface area contributed by atoms with Crippen molar-refractivity contribution in [3.8, 4) is 0 Å². The van der Waals surface area contributed by atoms with Crippen LogP contribution in [0.1, 0.15) is 187 Å². The number of aliphatic hydroxyl groups is 1. The minimum absolute atomic E-state index is 0.0180. The smallest absolute Gasteiger partial charge is 0.306 e. The highest BCUT2D eigenvalue weighted by Gasteiger charge is 2.52. The van der Waals surface area contributed by atoms with Gasteiger partial charge in [0.25, 0.3) is 0 Å². The van der Waals surface area contributed by atoms with Gasteiger partial charge in [-0.05, 0) is 126 Å². The molecule has 4 fully saturated rings. The van der Waals surface area contributed by atoms with E-state index in [1.165, 1.54) is 57.8 Å². The molecule has 4 aliphatic rings. The van der Waals surface area contributed by atoms with Crippen molar-refractivity contribution in [3.05, 3.63) is 24.3 Å². The molecular formula is C49H80O11. The largest absolute Gasteiger partial charge is 0.465 e. The molecule has 60 heavy (non-hydrogen) atoms. The van der Waals surface area contributed by atoms with Gasteiger partial charge < -0.3 is 28.8 Å². The fourth-order valence-electron chi connectivity index (χ4n) is 9.52. The summed E-state index contributed by atoms with van der Waals surface area (Å²) in [7, 11) is 0. The minimum atomic E-state index is -1.31. The first-order valence-corrected chi connectivity index (χ1v) is 23.8. The topological polar surface area (TPSA) is 152 Å². The third-order valence-electron chi connectivity index (χ3n) is 12.5. The normalized spacial score (nSPS) is 20.8. The SMILES string of the molecule is CCCCC/C=C\CCOC(=O)CCCCCC(=O)OCC(CO)(COC(=O)CCCCCC(=O)OCC/C=C\CCCCC)COC(=O)CC12CC3CC(CC(C3)C1)C2. The molecule has 0 aromatic heterocycles. The second-order valence-electron chi connectivity index (χ2n) is 18.3. The monoisotopic (exact) mass is 845 g/mol. The molecule has 0 unspecified atom stereocenters. The van der Waals surface area contributed by atoms with Gasteiger partial charge in [-0.15, -0.1) is 0 Å². The molecule has 342 valence electrons. The zero-order valence-electron chi connectivity index (χ0n) is 37.4. The number of hydrogen-bond donors (Lipinski definition) is 1. The number of rotatable bonds is 35. The maximum absolute atomic E-state index is 13.3. The first-order valence-electron chi connectivity index (χ1n) is 23.8. The Bertz CT molecular complexity index is 1220. The third-order valence-corrected chi connectivity index (χ3v) is 12.5. The number of unbranched alkanes of at least 4 members (excludes halogenated alkanes) is 10. The fraction of sp³-hybridized carbons (Fsp3) is 0.816. The highest BCUT2D eigenvalue weighted by Crippen LogP contribution is 2.61. The molecule has 0 aromatic rings. The molecule has 4 bridgehead atoms. The van der Waals surface area contributed by atoms with Crippen molar-refractivity contribution in [2.24, 2.45) is 28.6 Å². The molecule has 1 N–H and O–H groups in total. The van der Waals surface area contributed by atoms with E-state index in [1.807, 2.05) is 0 Å². The maximum atomic E-state index is 13.3. The van der Waals surface area contributed by atoms with Crippen LogP contribution < -0.4 is 0 Å². The quantitative estimate of drug-likeness (QED) is 0.0281. The van der Waals surface area contributed by atoms with Gasteiger partial charge >= 0.3 is 29.8 Å². The van der Waals surface area contributed by atoms with Crippen molar-refractivity contribution < 1.29 is 52.8 Å². The molecule has 11 heteroatoms. The van der Waals surface area contributed by atoms with E-state index in [4.69, 9.17) is 23.7 Å². The Hall–Kier alpha value is -3.21. The van der Waals surface area contributed by atoms with E-state index in [2.05, 4.69) is 38.2 Å². The van der Waals surface area contributed by atoms with Crippen LogP contribution in [0.5, 0.6) is 0 Å². The first-order chi connectivity index (χ1) is 29.1. The lowest BCUT2D eigenvalue weighted by Crippen LogP contribution is -2.47. The number of carbonyl (C=O) groups is 5. The molecule has 0 aromatic carbocycles. The van der Waals surface area contributed by atoms with E-state index >= 15 is 0 Å². The summed E-state index contributed by atoms with van der Waals surface area (Å²) in [4.78, 5) is 63.1. The first kappa shape index (κ1) is 51.1. The van der Waals surface area contributed by atoms with Crippen LogP contribution in [0, 0.1) is 28.6 Å². The van der Waals surface area contributed by atoms with E-state index in [9.17, 15) is 29.1 Å². The molecule has 0 spiro atoms. The lowest BCUT2D eigenvalue weighted by Gasteiger charge is -2.56. The number of hydrogen-bond acceptors (Lipinski definition) is 11. The molecule has 0 aliphatic heterocycles. The number of carbonyl (C=O) groups excluding carboxylic acids is 5. The lowest BCUT2D eigenvalue weighted by molar-refractivity contribution is -0.168. The molecule has 11 nitrogen and oxygen atoms in total. The van der Waals surface area contributed by atoms with Crippen LogP contribution in [-0.4, -0.2) is 74.6 Å². The van der Waals surface area contributed by atoms with E-state index in [0.29, 0.717) is 88.8 Å². The zero-order chi connectivity index (χ0) is 43.3. The predicted octanol–water partition coefficient (Wildman–Crippen LogP) is 10.2. The van der Waals surface area contributed by atoms with Gasteiger partial charge in [-0.25, -0.2) is 0 Å². The summed E-state index contributed by atoms with van der Waals surface area (Å²) in [5, 5.41) is 10.6. The molecule has 0 atom stereocenters. The Morgan fingerprint density at radius 1 is 0.500 bits per heavy atom. The van der Waals surface area contributed by atoms with Gasteiger partial charge in [0.05, 0.1) is 31.7 Å². The van der Waals surface area contributed by atoms with Crippen LogP contribution in [0.15, 0.2) is 24.3 Å². The number of ether oxygens (including phenoxy) is 5. The fourth-order valence-corrected chi connectivity index (χ4v) is 9.52. The Balaban J connectivity index is 1.38. The summed E-state index contributed by atoms with van der Waals surface area (Å²) in [5.41, 5.74) is -1.33. The highest BCUT2D eigenvalue weighted by molar-refractivity contribution is 5.71. The zero-order valence-corrected chi connectivity index (χ0v) is 37.4. The summed E-state index contributed by atoms with van der Waals surface area (Å²) in [6, 6.07) is 0. The van der Waals surface area contributed by atoms with Gasteiger partial charge in [0.1, 0.15) is 19.8 Å². The van der Waals surface area contributed by atoms with Gasteiger partial charge in [0.15, 0.2) is 0 Å². The second kappa shape index (κ2) is 29.9. The number of allylic oxidation sites excluding steroid dienone is 2. The van der Waals surface area contributed by atoms with Gasteiger partial charge in [-0.3, -0.25) is 24.0 Å². The van der Waals surface area contributed by atoms with E-state index < -0.39 is 24.0 Å². The highest BCUT2D eigenvalue weighted by atomic mass is 16.6. The summed E-state index contributed by atoms with van der Waals surface area (Å²) >= 11 is 0. The predicted molar refractivity (Wildman–Crippen MR) is 232 cm³/mol. The van der Waals surface area contributed by atoms with Crippen molar-refractivity contribution in [3.63, 3.8) is 0 Å². The lowest BCUT2D eigenvalue weighted by atomic mass is 9.49. The van der Waals surface area contributed by atoms with E-state index in [1.54, 1.807) is 0 Å². The number of esters is 5. The third kappa shape index (κ3) is 21.5. The summed E-state index contributed by atoms with van der Waals surface area (Å²) < 4.78 is 27.6. The summed E-state index contributed by atoms with van der Waals surface area (Å²) in [6.07, 6.45) is 30.7. The van der Waals surface area contributed by atoms with E-state index in [0.717, 1.165) is 32.1 Å². The molecule has 0 amide bonds. The molecule has 0 radical (unpaired) electrons. The minimum Gasteiger partial charge on any atom is -0.465 e. The Labute approximate surface area is 361 Å². The average Bonchev–Trinajstić information content (AvgIpc) is 3.21. The molecule has 0 saturated heterocycles. The molecular weight excluding hydrogens is 765 g/mol. The average molecular weight is 845 g/mol. The van der Waals surface area contributed by atoms with E-state index in [-0.39, 0.29) is 68.8 Å². The van der Waals surface area contributed by atoms with Crippen molar-refractivity contribution >= 4 is 29.8 Å². The second-order valence-corrected chi connectivity index (χ2v) is 18.3. The van der Waals surface area contributed by atoms with Gasteiger partial charge in [0.2, 0.25) is 0 Å². The maximum Gasteiger partial charge on any atom is 0.306 e. The van der Waals surface area contributed by atoms with Crippen molar-refractivity contribution in [1.82, 2.24) is 0 Å². The van der Waals surface area contributed by atoms with Crippen molar-refractivity contribution in [2.75, 3.05) is 39.6 Å². The van der Waals surface area contributed by atoms with Gasteiger partial charge in [-0.2, -0.15) is 0 Å². The van der Waals surface area contributed by atoms with Gasteiger partial charge in [-0.1, -0.05) is 76.7 Å². The molecule has 4 aliphatic carbocycles. The molecule has 4 saturated carbocycles. The van der Waals surface area contributed by atoms with Crippen LogP contribution in [-0.2, 0) is 47.7 Å². The van der Waals surface area contributed by atoms with Gasteiger partial charge in [0, 0.05) is 25.7 Å². The summed E-state index contributed by atoms with van der Waals surface area (Å²) in [5.74, 6) is 0.287. The number of aliphatic hydroxyl groups excluding tert-OH is 1. The van der Waals surface area contributed by atoms with Crippen LogP contribution in [0.2, 0.25) is 0 Å². The standard InChI is InChI=1S/C49H80O11/c1-3-5-7-9-11-13-21-27-56-43(51)23-17-15-19-25-45(53)58-37-49(36-50,39-60-47(55)35-48-32-40-29-41(33-48)31-42(30-40)34-48)38-59-46(54)26-20-16-18-24-44(52)57-28-22-14-12-10-8-6-4-2/h11-14,40-42,50H,3-10,15-39H2,1-2H3/b13-11-,14-12-. The Morgan fingerprint density at radius 3 is 1.25 bits per heavy atom. The van der Waals surface area contributed by atoms with Crippen molar-refractivity contribution in [2.45, 2.75) is 187 Å². The van der Waals surface area contributed by atoms with Crippen LogP contribution in [0.25, 0.3) is 0 Å². The Morgan fingerprint density at radius 2 is 0.867 bits per heavy atom. The van der Waals surface area contributed by atoms with Crippen LogP contribution in [0.4, 0.5) is 0 Å². The molecule has 4 rings (SSSR count). The van der Waals surface area contributed by atoms with Crippen LogP contribution >= 0.6 is 0 Å².